The van der Waals surface area contributed by atoms with Crippen LogP contribution in [0.25, 0.3) is 0 Å². The van der Waals surface area contributed by atoms with Crippen LogP contribution in [0.3, 0.4) is 0 Å². The van der Waals surface area contributed by atoms with Crippen molar-refractivity contribution >= 4 is 28.1 Å². The van der Waals surface area contributed by atoms with Gasteiger partial charge in [-0.15, -0.1) is 6.58 Å². The van der Waals surface area contributed by atoms with Gasteiger partial charge in [-0.1, -0.05) is 6.08 Å². The summed E-state index contributed by atoms with van der Waals surface area (Å²) < 4.78 is 5.09. The van der Waals surface area contributed by atoms with Crippen molar-refractivity contribution in [2.75, 3.05) is 37.7 Å². The number of carbonyl (C=O) groups excluding carboxylic acids is 3. The Labute approximate surface area is 151 Å². The van der Waals surface area contributed by atoms with E-state index in [1.165, 1.54) is 0 Å². The zero-order chi connectivity index (χ0) is 19.5. The number of nitrogens with one attached hydrogen (secondary N) is 3. The van der Waals surface area contributed by atoms with Crippen molar-refractivity contribution < 1.29 is 19.1 Å². The lowest BCUT2D eigenvalue weighted by atomic mass is 10.1. The number of ether oxygens (including phenoxy) is 1. The molecule has 5 N–H and O–H groups in total. The molecule has 2 atom stereocenters. The maximum Gasteiger partial charge on any atom is 0.407 e. The molecule has 9 heteroatoms. The Morgan fingerprint density at radius 3 is 2.40 bits per heavy atom. The van der Waals surface area contributed by atoms with Crippen LogP contribution in [-0.4, -0.2) is 67.8 Å². The molecule has 0 aliphatic carbocycles. The molecular weight excluding hydrogens is 344 g/mol. The second-order valence-corrected chi connectivity index (χ2v) is 11.2. The van der Waals surface area contributed by atoms with Gasteiger partial charge >= 0.3 is 12.1 Å². The molecule has 0 bridgehead atoms. The third-order valence-corrected chi connectivity index (χ3v) is 4.65. The molecule has 0 saturated carbocycles. The van der Waals surface area contributed by atoms with Gasteiger partial charge < -0.3 is 26.4 Å². The number of nitrogens with two attached hydrogens (primary N) is 1. The van der Waals surface area contributed by atoms with Crippen molar-refractivity contribution in [2.24, 2.45) is 5.73 Å². The van der Waals surface area contributed by atoms with Gasteiger partial charge in [-0.05, 0) is 38.5 Å². The predicted octanol–water partition coefficient (Wildman–Crippen LogP) is 0.914. The molecule has 0 radical (unpaired) electrons. The number of urea groups is 1. The minimum Gasteiger partial charge on any atom is -0.449 e. The first-order chi connectivity index (χ1) is 11.5. The van der Waals surface area contributed by atoms with Crippen molar-refractivity contribution in [1.29, 1.82) is 0 Å². The second kappa shape index (κ2) is 11.6. The number of primary amides is 1. The third kappa shape index (κ3) is 13.1. The fraction of sp³-hybridized carbons (Fsp3) is 0.688. The molecule has 0 fully saturated rings. The summed E-state index contributed by atoms with van der Waals surface area (Å²) in [6, 6.07) is -1.56. The zero-order valence-corrected chi connectivity index (χ0v) is 16.4. The Morgan fingerprint density at radius 2 is 1.88 bits per heavy atom. The number of rotatable bonds is 11. The Hall–Kier alpha value is -1.90. The van der Waals surface area contributed by atoms with E-state index in [9.17, 15) is 14.4 Å². The van der Waals surface area contributed by atoms with E-state index >= 15 is 0 Å². The molecule has 0 unspecified atom stereocenters. The number of hydrogen-bond donors (Lipinski definition) is 4. The summed E-state index contributed by atoms with van der Waals surface area (Å²) in [4.78, 5) is 34.4. The van der Waals surface area contributed by atoms with Gasteiger partial charge in [0.15, 0.2) is 0 Å². The minimum atomic E-state index is -0.730. The highest BCUT2D eigenvalue weighted by molar-refractivity contribution is 8.32. The monoisotopic (exact) mass is 376 g/mol. The van der Waals surface area contributed by atoms with Gasteiger partial charge in [-0.2, -0.15) is 0 Å². The maximum atomic E-state index is 12.1. The van der Waals surface area contributed by atoms with Crippen molar-refractivity contribution in [3.05, 3.63) is 12.7 Å². The van der Waals surface area contributed by atoms with Crippen LogP contribution in [0.5, 0.6) is 0 Å². The lowest BCUT2D eigenvalue weighted by Gasteiger charge is -2.24. The maximum absolute atomic E-state index is 12.1. The first-order valence-electron chi connectivity index (χ1n) is 8.10. The zero-order valence-electron chi connectivity index (χ0n) is 15.6. The van der Waals surface area contributed by atoms with Crippen LogP contribution in [0.2, 0.25) is 0 Å². The average molecular weight is 377 g/mol. The molecule has 0 aromatic carbocycles. The van der Waals surface area contributed by atoms with Crippen molar-refractivity contribution in [2.45, 2.75) is 31.8 Å². The van der Waals surface area contributed by atoms with Crippen molar-refractivity contribution in [3.8, 4) is 0 Å². The van der Waals surface area contributed by atoms with Crippen LogP contribution in [0.1, 0.15) is 19.8 Å². The first kappa shape index (κ1) is 23.1. The van der Waals surface area contributed by atoms with Gasteiger partial charge in [-0.3, -0.25) is 4.79 Å². The Kier molecular flexibility index (Phi) is 10.7. The molecule has 0 aromatic rings. The Morgan fingerprint density at radius 1 is 1.24 bits per heavy atom. The lowest BCUT2D eigenvalue weighted by molar-refractivity contribution is -0.123. The number of amides is 4. The first-order valence-corrected chi connectivity index (χ1v) is 11.1. The highest BCUT2D eigenvalue weighted by atomic mass is 32.3. The van der Waals surface area contributed by atoms with Gasteiger partial charge in [0, 0.05) is 18.3 Å². The van der Waals surface area contributed by atoms with Gasteiger partial charge in [0.1, 0.15) is 12.6 Å². The molecular formula is C16H32N4O4S. The summed E-state index contributed by atoms with van der Waals surface area (Å²) in [5.41, 5.74) is 4.98. The fourth-order valence-corrected chi connectivity index (χ4v) is 2.34. The molecule has 8 nitrogen and oxygen atoms in total. The summed E-state index contributed by atoms with van der Waals surface area (Å²) >= 11 is 0. The van der Waals surface area contributed by atoms with Crippen LogP contribution in [0.4, 0.5) is 9.59 Å². The van der Waals surface area contributed by atoms with E-state index in [2.05, 4.69) is 41.3 Å². The normalized spacial score (nSPS) is 13.9. The van der Waals surface area contributed by atoms with Crippen LogP contribution < -0.4 is 21.7 Å². The van der Waals surface area contributed by atoms with E-state index in [4.69, 9.17) is 10.5 Å². The van der Waals surface area contributed by atoms with Gasteiger partial charge in [-0.25, -0.2) is 19.6 Å². The molecule has 0 aliphatic rings. The SMILES string of the molecule is C=C[C@H](CCCNC(N)=O)NC(=O)[C@H](C)NC(=O)OCCS(C)(C)C. The molecule has 0 saturated heterocycles. The lowest BCUT2D eigenvalue weighted by Crippen LogP contribution is -2.48. The molecule has 0 aliphatic heterocycles. The largest absolute Gasteiger partial charge is 0.449 e. The summed E-state index contributed by atoms with van der Waals surface area (Å²) in [5, 5.41) is 7.76. The van der Waals surface area contributed by atoms with Crippen LogP contribution in [0.15, 0.2) is 12.7 Å². The Bertz CT molecular complexity index is 466. The number of hydrogen-bond acceptors (Lipinski definition) is 4. The quantitative estimate of drug-likeness (QED) is 0.316. The molecule has 4 amide bonds. The topological polar surface area (TPSA) is 123 Å². The van der Waals surface area contributed by atoms with E-state index < -0.39 is 28.2 Å². The fourth-order valence-electron chi connectivity index (χ4n) is 1.76. The molecule has 146 valence electrons. The van der Waals surface area contributed by atoms with Crippen LogP contribution in [0, 0.1) is 0 Å². The van der Waals surface area contributed by atoms with E-state index in [-0.39, 0.29) is 11.9 Å². The average Bonchev–Trinajstić information content (AvgIpc) is 2.48. The van der Waals surface area contributed by atoms with Crippen molar-refractivity contribution in [3.63, 3.8) is 0 Å². The third-order valence-electron chi connectivity index (χ3n) is 3.26. The molecule has 0 spiro atoms. The second-order valence-electron chi connectivity index (χ2n) is 6.58. The van der Waals surface area contributed by atoms with Crippen LogP contribution >= 0.6 is 10.0 Å². The van der Waals surface area contributed by atoms with Crippen molar-refractivity contribution in [1.82, 2.24) is 16.0 Å². The summed E-state index contributed by atoms with van der Waals surface area (Å²) in [7, 11) is -0.730. The molecule has 25 heavy (non-hydrogen) atoms. The van der Waals surface area contributed by atoms with E-state index in [1.54, 1.807) is 13.0 Å². The summed E-state index contributed by atoms with van der Waals surface area (Å²) in [6.45, 7) is 6.02. The predicted molar refractivity (Wildman–Crippen MR) is 103 cm³/mol. The number of alkyl carbamates (subject to hydrolysis) is 1. The highest BCUT2D eigenvalue weighted by Crippen LogP contribution is 2.33. The van der Waals surface area contributed by atoms with E-state index in [1.807, 2.05) is 0 Å². The van der Waals surface area contributed by atoms with E-state index in [0.29, 0.717) is 26.0 Å². The smallest absolute Gasteiger partial charge is 0.407 e. The van der Waals surface area contributed by atoms with Gasteiger partial charge in [0.25, 0.3) is 0 Å². The molecule has 0 rings (SSSR count). The summed E-state index contributed by atoms with van der Waals surface area (Å²) in [5.74, 6) is 0.491. The number of carbonyl (C=O) groups is 3. The van der Waals surface area contributed by atoms with Gasteiger partial charge in [0.2, 0.25) is 5.91 Å². The minimum absolute atomic E-state index is 0.257. The standard InChI is InChI=1S/C16H32N4O4S/c1-6-13(8-7-9-18-15(17)22)20-14(21)12(2)19-16(23)24-10-11-25(3,4)5/h6,12-13H,1,7-11H2,2-5H3,(H,19,23)(H,20,21)(H3,17,18,22)/t12-,13+/m0/s1. The molecule has 0 aromatic heterocycles. The van der Waals surface area contributed by atoms with E-state index in [0.717, 1.165) is 5.75 Å². The molecule has 0 heterocycles. The summed E-state index contributed by atoms with van der Waals surface area (Å²) in [6.07, 6.45) is 8.65. The van der Waals surface area contributed by atoms with Gasteiger partial charge in [0.05, 0.1) is 0 Å². The highest BCUT2D eigenvalue weighted by Gasteiger charge is 2.18. The Balaban J connectivity index is 4.14. The van der Waals surface area contributed by atoms with Crippen LogP contribution in [-0.2, 0) is 9.53 Å².